The molecule has 0 saturated heterocycles. The number of alkyl halides is 6. The lowest BCUT2D eigenvalue weighted by Gasteiger charge is -2.16. The molecule has 0 bridgehead atoms. The minimum atomic E-state index is -4.95. The Morgan fingerprint density at radius 3 is 1.96 bits per heavy atom. The molecule has 0 saturated carbocycles. The van der Waals surface area contributed by atoms with Gasteiger partial charge in [0.2, 0.25) is 0 Å². The topological polar surface area (TPSA) is 62.6 Å². The summed E-state index contributed by atoms with van der Waals surface area (Å²) in [5.41, 5.74) is -2.72. The summed E-state index contributed by atoms with van der Waals surface area (Å²) < 4.78 is 79.2. The average Bonchev–Trinajstić information content (AvgIpc) is 2.44. The smallest absolute Gasteiger partial charge is 0.423 e. The maximum Gasteiger partial charge on any atom is 0.573 e. The van der Waals surface area contributed by atoms with Crippen molar-refractivity contribution in [1.29, 1.82) is 0 Å². The third kappa shape index (κ3) is 4.17. The van der Waals surface area contributed by atoms with Gasteiger partial charge in [0.15, 0.2) is 5.69 Å². The Balaban J connectivity index is 2.55. The van der Waals surface area contributed by atoms with Crippen LogP contribution >= 0.6 is 0 Å². The van der Waals surface area contributed by atoms with Crippen LogP contribution in [-0.2, 0) is 6.18 Å². The van der Waals surface area contributed by atoms with Crippen molar-refractivity contribution in [3.63, 3.8) is 0 Å². The number of aromatic nitrogens is 1. The molecule has 2 aromatic rings. The first-order valence-electron chi connectivity index (χ1n) is 6.27. The van der Waals surface area contributed by atoms with E-state index >= 15 is 0 Å². The van der Waals surface area contributed by atoms with Crippen LogP contribution in [0.3, 0.4) is 0 Å². The molecule has 0 amide bonds. The van der Waals surface area contributed by atoms with Crippen molar-refractivity contribution < 1.29 is 41.1 Å². The monoisotopic (exact) mass is 351 g/mol. The molecule has 128 valence electrons. The first-order chi connectivity index (χ1) is 11.0. The first-order valence-corrected chi connectivity index (χ1v) is 6.27. The van der Waals surface area contributed by atoms with Gasteiger partial charge < -0.3 is 14.8 Å². The Labute approximate surface area is 131 Å². The van der Waals surface area contributed by atoms with Crippen LogP contribution in [0.2, 0.25) is 0 Å². The van der Waals surface area contributed by atoms with Crippen molar-refractivity contribution in [1.82, 2.24) is 4.98 Å². The molecular formula is C13H8BF6NO3. The third-order valence-corrected chi connectivity index (χ3v) is 2.91. The third-order valence-electron chi connectivity index (χ3n) is 2.91. The summed E-state index contributed by atoms with van der Waals surface area (Å²) in [5.74, 6) is -0.630. The minimum Gasteiger partial charge on any atom is -0.423 e. The molecule has 0 aliphatic heterocycles. The van der Waals surface area contributed by atoms with Crippen molar-refractivity contribution in [3.05, 3.63) is 42.2 Å². The van der Waals surface area contributed by atoms with Crippen LogP contribution in [0.25, 0.3) is 11.1 Å². The maximum atomic E-state index is 13.1. The van der Waals surface area contributed by atoms with Gasteiger partial charge in [-0.25, -0.2) is 0 Å². The summed E-state index contributed by atoms with van der Waals surface area (Å²) in [6, 6.07) is 4.45. The van der Waals surface area contributed by atoms with E-state index < -0.39 is 42.1 Å². The van der Waals surface area contributed by atoms with Crippen LogP contribution in [0.15, 0.2) is 36.5 Å². The van der Waals surface area contributed by atoms with Crippen LogP contribution in [0.5, 0.6) is 5.75 Å². The second kappa shape index (κ2) is 6.32. The number of rotatable bonds is 3. The first kappa shape index (κ1) is 18.1. The highest BCUT2D eigenvalue weighted by molar-refractivity contribution is 6.60. The highest BCUT2D eigenvalue weighted by Gasteiger charge is 2.38. The van der Waals surface area contributed by atoms with Crippen LogP contribution in [0.1, 0.15) is 5.69 Å². The summed E-state index contributed by atoms with van der Waals surface area (Å²) in [4.78, 5) is 3.19. The summed E-state index contributed by atoms with van der Waals surface area (Å²) >= 11 is 0. The molecule has 24 heavy (non-hydrogen) atoms. The number of hydrogen-bond acceptors (Lipinski definition) is 4. The minimum absolute atomic E-state index is 0.201. The second-order valence-electron chi connectivity index (χ2n) is 4.57. The molecule has 2 N–H and O–H groups in total. The Bertz CT molecular complexity index is 715. The molecule has 0 aliphatic rings. The average molecular weight is 351 g/mol. The van der Waals surface area contributed by atoms with Crippen LogP contribution in [0.4, 0.5) is 26.3 Å². The molecule has 0 fully saturated rings. The van der Waals surface area contributed by atoms with Crippen LogP contribution in [-0.4, -0.2) is 28.5 Å². The van der Waals surface area contributed by atoms with Gasteiger partial charge in [-0.15, -0.1) is 13.2 Å². The van der Waals surface area contributed by atoms with E-state index in [0.717, 1.165) is 36.5 Å². The Kier molecular flexibility index (Phi) is 4.76. The van der Waals surface area contributed by atoms with E-state index in [9.17, 15) is 36.4 Å². The summed E-state index contributed by atoms with van der Waals surface area (Å²) in [5, 5.41) is 18.5. The summed E-state index contributed by atoms with van der Waals surface area (Å²) in [6.45, 7) is 0. The van der Waals surface area contributed by atoms with Gasteiger partial charge in [-0.1, -0.05) is 12.1 Å². The molecule has 0 atom stereocenters. The Morgan fingerprint density at radius 1 is 0.917 bits per heavy atom. The van der Waals surface area contributed by atoms with Crippen molar-refractivity contribution >= 4 is 12.6 Å². The van der Waals surface area contributed by atoms with Gasteiger partial charge in [0.25, 0.3) is 0 Å². The lowest BCUT2D eigenvalue weighted by atomic mass is 9.75. The van der Waals surface area contributed by atoms with Gasteiger partial charge in [-0.05, 0) is 29.2 Å². The molecule has 2 rings (SSSR count). The van der Waals surface area contributed by atoms with Gasteiger partial charge >= 0.3 is 19.7 Å². The van der Waals surface area contributed by atoms with Gasteiger partial charge in [0.05, 0.1) is 0 Å². The highest BCUT2D eigenvalue weighted by Crippen LogP contribution is 2.35. The molecule has 1 heterocycles. The molecule has 0 aliphatic carbocycles. The van der Waals surface area contributed by atoms with Crippen molar-refractivity contribution in [2.24, 2.45) is 0 Å². The molecular weight excluding hydrogens is 343 g/mol. The molecule has 1 aromatic heterocycles. The van der Waals surface area contributed by atoms with Crippen LogP contribution < -0.4 is 10.2 Å². The SMILES string of the molecule is OB(O)c1ccnc(C(F)(F)F)c1-c1ccc(OC(F)(F)F)cc1. The Morgan fingerprint density at radius 2 is 1.50 bits per heavy atom. The quantitative estimate of drug-likeness (QED) is 0.658. The van der Waals surface area contributed by atoms with E-state index in [-0.39, 0.29) is 5.56 Å². The number of nitrogens with zero attached hydrogens (tertiary/aromatic N) is 1. The lowest BCUT2D eigenvalue weighted by molar-refractivity contribution is -0.274. The summed E-state index contributed by atoms with van der Waals surface area (Å²) in [7, 11) is -2.23. The van der Waals surface area contributed by atoms with Gasteiger partial charge in [-0.3, -0.25) is 4.98 Å². The maximum absolute atomic E-state index is 13.1. The summed E-state index contributed by atoms with van der Waals surface area (Å²) in [6.07, 6.45) is -9.09. The van der Waals surface area contributed by atoms with E-state index in [2.05, 4.69) is 9.72 Å². The van der Waals surface area contributed by atoms with Gasteiger partial charge in [0, 0.05) is 11.8 Å². The number of halogens is 6. The second-order valence-corrected chi connectivity index (χ2v) is 4.57. The molecule has 11 heteroatoms. The number of pyridine rings is 1. The largest absolute Gasteiger partial charge is 0.573 e. The molecule has 0 radical (unpaired) electrons. The van der Waals surface area contributed by atoms with E-state index in [4.69, 9.17) is 0 Å². The molecule has 0 spiro atoms. The molecule has 1 aromatic carbocycles. The van der Waals surface area contributed by atoms with Crippen molar-refractivity contribution in [2.75, 3.05) is 0 Å². The van der Waals surface area contributed by atoms with Gasteiger partial charge in [-0.2, -0.15) is 13.2 Å². The zero-order valence-corrected chi connectivity index (χ0v) is 11.6. The zero-order valence-electron chi connectivity index (χ0n) is 11.6. The van der Waals surface area contributed by atoms with Crippen LogP contribution in [0, 0.1) is 0 Å². The number of hydrogen-bond donors (Lipinski definition) is 2. The predicted molar refractivity (Wildman–Crippen MR) is 71.2 cm³/mol. The lowest BCUT2D eigenvalue weighted by Crippen LogP contribution is -2.33. The fraction of sp³-hybridized carbons (Fsp3) is 0.154. The molecule has 4 nitrogen and oxygen atoms in total. The van der Waals surface area contributed by atoms with E-state index in [1.54, 1.807) is 0 Å². The van der Waals surface area contributed by atoms with E-state index in [1.807, 2.05) is 0 Å². The number of ether oxygens (including phenoxy) is 1. The highest BCUT2D eigenvalue weighted by atomic mass is 19.4. The van der Waals surface area contributed by atoms with Gasteiger partial charge in [0.1, 0.15) is 5.75 Å². The Hall–Kier alpha value is -2.27. The van der Waals surface area contributed by atoms with Crippen molar-refractivity contribution in [3.8, 4) is 16.9 Å². The zero-order chi connectivity index (χ0) is 18.1. The fourth-order valence-corrected chi connectivity index (χ4v) is 2.03. The van der Waals surface area contributed by atoms with E-state index in [0.29, 0.717) is 0 Å². The normalized spacial score (nSPS) is 12.2. The number of benzene rings is 1. The van der Waals surface area contributed by atoms with E-state index in [1.165, 1.54) is 0 Å². The fourth-order valence-electron chi connectivity index (χ4n) is 2.03. The van der Waals surface area contributed by atoms with Crippen molar-refractivity contribution in [2.45, 2.75) is 12.5 Å². The molecule has 0 unspecified atom stereocenters. The predicted octanol–water partition coefficient (Wildman–Crippen LogP) is 2.35. The standard InChI is InChI=1S/C13H8BF6NO3/c15-12(16,17)11-10(9(14(22)23)5-6-21-11)7-1-3-8(4-2-7)24-13(18,19)20/h1-6,22-23H.